The smallest absolute Gasteiger partial charge is 0.314 e. The van der Waals surface area contributed by atoms with Crippen molar-refractivity contribution in [2.75, 3.05) is 50.7 Å². The summed E-state index contributed by atoms with van der Waals surface area (Å²) in [4.78, 5) is 29.6. The zero-order valence-corrected chi connectivity index (χ0v) is 17.1. The van der Waals surface area contributed by atoms with Gasteiger partial charge in [-0.05, 0) is 24.6 Å². The van der Waals surface area contributed by atoms with E-state index in [1.807, 2.05) is 30.6 Å². The third-order valence-electron chi connectivity index (χ3n) is 5.31. The number of carbonyl (C=O) groups is 1. The lowest BCUT2D eigenvalue weighted by Gasteiger charge is -2.34. The molecule has 0 unspecified atom stereocenters. The number of piperazine rings is 1. The first-order chi connectivity index (χ1) is 14.8. The molecular weight excluding hydrogens is 380 g/mol. The molecule has 0 spiro atoms. The molecule has 0 aliphatic carbocycles. The number of anilines is 1. The predicted molar refractivity (Wildman–Crippen MR) is 116 cm³/mol. The van der Waals surface area contributed by atoms with Crippen molar-refractivity contribution in [1.29, 1.82) is 0 Å². The molecule has 2 N–H and O–H groups in total. The summed E-state index contributed by atoms with van der Waals surface area (Å²) in [6.07, 6.45) is 6.26. The van der Waals surface area contributed by atoms with E-state index in [9.17, 15) is 4.79 Å². The van der Waals surface area contributed by atoms with Crippen LogP contribution in [0.5, 0.6) is 0 Å². The summed E-state index contributed by atoms with van der Waals surface area (Å²) >= 11 is 0. The van der Waals surface area contributed by atoms with Crippen LogP contribution in [0.2, 0.25) is 0 Å². The fourth-order valence-corrected chi connectivity index (χ4v) is 3.66. The number of benzene rings is 1. The molecule has 3 aromatic rings. The van der Waals surface area contributed by atoms with Gasteiger partial charge in [-0.25, -0.2) is 19.7 Å². The number of aryl methyl sites for hydroxylation is 1. The minimum atomic E-state index is -0.109. The maximum Gasteiger partial charge on any atom is 0.314 e. The highest BCUT2D eigenvalue weighted by atomic mass is 16.2. The van der Waals surface area contributed by atoms with Gasteiger partial charge in [-0.15, -0.1) is 0 Å². The van der Waals surface area contributed by atoms with Crippen molar-refractivity contribution >= 4 is 23.0 Å². The number of nitrogens with one attached hydrogen (secondary N) is 2. The molecule has 3 heterocycles. The Labute approximate surface area is 176 Å². The second-order valence-electron chi connectivity index (χ2n) is 7.34. The second kappa shape index (κ2) is 10.0. The average Bonchev–Trinajstić information content (AvgIpc) is 3.21. The van der Waals surface area contributed by atoms with E-state index in [4.69, 9.17) is 0 Å². The van der Waals surface area contributed by atoms with Gasteiger partial charge in [-0.1, -0.05) is 12.1 Å². The van der Waals surface area contributed by atoms with E-state index in [1.54, 1.807) is 12.4 Å². The molecule has 30 heavy (non-hydrogen) atoms. The van der Waals surface area contributed by atoms with Crippen LogP contribution in [0.15, 0.2) is 49.1 Å². The van der Waals surface area contributed by atoms with Gasteiger partial charge >= 0.3 is 6.03 Å². The van der Waals surface area contributed by atoms with Gasteiger partial charge < -0.3 is 20.1 Å². The Balaban J connectivity index is 1.08. The number of urea groups is 1. The van der Waals surface area contributed by atoms with Crippen LogP contribution >= 0.6 is 0 Å². The zero-order chi connectivity index (χ0) is 20.6. The highest BCUT2D eigenvalue weighted by molar-refractivity contribution is 5.75. The number of para-hydroxylation sites is 2. The van der Waals surface area contributed by atoms with E-state index < -0.39 is 0 Å². The molecule has 1 aliphatic rings. The van der Waals surface area contributed by atoms with Gasteiger partial charge in [0.05, 0.1) is 17.4 Å². The normalized spacial score (nSPS) is 14.7. The van der Waals surface area contributed by atoms with Gasteiger partial charge in [0.25, 0.3) is 0 Å². The monoisotopic (exact) mass is 408 g/mol. The number of carbonyl (C=O) groups excluding carboxylic acids is 1. The molecule has 0 saturated carbocycles. The minimum absolute atomic E-state index is 0.109. The van der Waals surface area contributed by atoms with Gasteiger partial charge in [0, 0.05) is 64.8 Å². The van der Waals surface area contributed by atoms with Crippen LogP contribution in [-0.4, -0.2) is 76.3 Å². The molecule has 2 amide bonds. The molecule has 1 aliphatic heterocycles. The van der Waals surface area contributed by atoms with Gasteiger partial charge in [-0.2, -0.15) is 0 Å². The number of hydrogen-bond donors (Lipinski definition) is 2. The van der Waals surface area contributed by atoms with Crippen LogP contribution in [0.3, 0.4) is 0 Å². The number of fused-ring (bicyclic) bond motifs is 1. The van der Waals surface area contributed by atoms with Crippen molar-refractivity contribution in [3.8, 4) is 0 Å². The Kier molecular flexibility index (Phi) is 6.71. The molecule has 9 heteroatoms. The Morgan fingerprint density at radius 3 is 2.50 bits per heavy atom. The van der Waals surface area contributed by atoms with Gasteiger partial charge in [0.1, 0.15) is 0 Å². The number of hydrogen-bond acceptors (Lipinski definition) is 6. The third kappa shape index (κ3) is 5.24. The lowest BCUT2D eigenvalue weighted by molar-refractivity contribution is 0.231. The molecule has 1 fully saturated rings. The zero-order valence-electron chi connectivity index (χ0n) is 17.1. The first kappa shape index (κ1) is 20.1. The quantitative estimate of drug-likeness (QED) is 0.547. The summed E-state index contributed by atoms with van der Waals surface area (Å²) in [7, 11) is 0. The van der Waals surface area contributed by atoms with Crippen LogP contribution in [0, 0.1) is 0 Å². The highest BCUT2D eigenvalue weighted by Crippen LogP contribution is 2.12. The Morgan fingerprint density at radius 1 is 0.900 bits per heavy atom. The summed E-state index contributed by atoms with van der Waals surface area (Å²) < 4.78 is 2.12. The third-order valence-corrected chi connectivity index (χ3v) is 5.31. The van der Waals surface area contributed by atoms with Crippen LogP contribution in [0.25, 0.3) is 11.0 Å². The molecule has 158 valence electrons. The van der Waals surface area contributed by atoms with Crippen LogP contribution in [0.4, 0.5) is 10.7 Å². The van der Waals surface area contributed by atoms with Crippen molar-refractivity contribution in [2.45, 2.75) is 13.0 Å². The standard InChI is InChI=1S/C21H28N8O/c30-21(24-9-4-11-29-17-26-18-5-1-2-6-19(18)29)25-10-12-27-13-15-28(16-14-27)20-22-7-3-8-23-20/h1-3,5-8,17H,4,9-16H2,(H2,24,25,30). The Bertz CT molecular complexity index is 936. The Hall–Kier alpha value is -3.20. The molecule has 1 saturated heterocycles. The molecule has 1 aromatic carbocycles. The number of imidazole rings is 1. The topological polar surface area (TPSA) is 91.2 Å². The van der Waals surface area contributed by atoms with E-state index >= 15 is 0 Å². The number of rotatable bonds is 8. The molecule has 2 aromatic heterocycles. The molecule has 4 rings (SSSR count). The van der Waals surface area contributed by atoms with E-state index in [-0.39, 0.29) is 6.03 Å². The summed E-state index contributed by atoms with van der Waals surface area (Å²) in [6, 6.07) is 9.80. The van der Waals surface area contributed by atoms with Crippen LogP contribution < -0.4 is 15.5 Å². The van der Waals surface area contributed by atoms with E-state index in [1.165, 1.54) is 0 Å². The van der Waals surface area contributed by atoms with Crippen molar-refractivity contribution < 1.29 is 4.79 Å². The lowest BCUT2D eigenvalue weighted by atomic mass is 10.3. The summed E-state index contributed by atoms with van der Waals surface area (Å²) in [5.74, 6) is 0.790. The highest BCUT2D eigenvalue weighted by Gasteiger charge is 2.18. The van der Waals surface area contributed by atoms with Crippen molar-refractivity contribution in [3.05, 3.63) is 49.1 Å². The summed E-state index contributed by atoms with van der Waals surface area (Å²) in [5.41, 5.74) is 2.13. The fraction of sp³-hybridized carbons (Fsp3) is 0.429. The molecule has 9 nitrogen and oxygen atoms in total. The molecule has 0 bridgehead atoms. The maximum atomic E-state index is 12.0. The number of amides is 2. The summed E-state index contributed by atoms with van der Waals surface area (Å²) in [5, 5.41) is 5.88. The van der Waals surface area contributed by atoms with E-state index in [0.29, 0.717) is 13.1 Å². The molecular formula is C21H28N8O. The summed E-state index contributed by atoms with van der Waals surface area (Å²) in [6.45, 7) is 6.64. The number of nitrogens with zero attached hydrogens (tertiary/aromatic N) is 6. The van der Waals surface area contributed by atoms with Gasteiger partial charge in [0.15, 0.2) is 0 Å². The van der Waals surface area contributed by atoms with Crippen LogP contribution in [-0.2, 0) is 6.54 Å². The fourth-order valence-electron chi connectivity index (χ4n) is 3.66. The molecule has 0 atom stereocenters. The average molecular weight is 409 g/mol. The lowest BCUT2D eigenvalue weighted by Crippen LogP contribution is -2.49. The van der Waals surface area contributed by atoms with Gasteiger partial charge in [-0.3, -0.25) is 4.90 Å². The SMILES string of the molecule is O=C(NCCCn1cnc2ccccc21)NCCN1CCN(c2ncccn2)CC1. The second-order valence-corrected chi connectivity index (χ2v) is 7.34. The van der Waals surface area contributed by atoms with E-state index in [2.05, 4.69) is 46.0 Å². The first-order valence-corrected chi connectivity index (χ1v) is 10.5. The van der Waals surface area contributed by atoms with Crippen molar-refractivity contribution in [3.63, 3.8) is 0 Å². The molecule has 0 radical (unpaired) electrons. The minimum Gasteiger partial charge on any atom is -0.338 e. The van der Waals surface area contributed by atoms with Gasteiger partial charge in [0.2, 0.25) is 5.95 Å². The Morgan fingerprint density at radius 2 is 1.67 bits per heavy atom. The first-order valence-electron chi connectivity index (χ1n) is 10.5. The number of aromatic nitrogens is 4. The predicted octanol–water partition coefficient (Wildman–Crippen LogP) is 1.34. The van der Waals surface area contributed by atoms with E-state index in [0.717, 1.165) is 62.7 Å². The van der Waals surface area contributed by atoms with Crippen LogP contribution in [0.1, 0.15) is 6.42 Å². The largest absolute Gasteiger partial charge is 0.338 e. The maximum absolute atomic E-state index is 12.0. The van der Waals surface area contributed by atoms with Crippen molar-refractivity contribution in [1.82, 2.24) is 35.1 Å². The van der Waals surface area contributed by atoms with Crippen molar-refractivity contribution in [2.24, 2.45) is 0 Å².